The number of aliphatic hydroxyl groups excluding tert-OH is 1. The summed E-state index contributed by atoms with van der Waals surface area (Å²) in [6, 6.07) is 15.4. The summed E-state index contributed by atoms with van der Waals surface area (Å²) in [5, 5.41) is 10.0. The van der Waals surface area contributed by atoms with E-state index in [0.717, 1.165) is 17.7 Å². The molecule has 1 aromatic carbocycles. The van der Waals surface area contributed by atoms with Gasteiger partial charge in [0.05, 0.1) is 19.3 Å². The maximum atomic E-state index is 10.0. The molecule has 0 saturated heterocycles. The number of aromatic nitrogens is 1. The fraction of sp³-hybridized carbons (Fsp3) is 0.353. The van der Waals surface area contributed by atoms with Crippen molar-refractivity contribution in [1.82, 2.24) is 4.98 Å². The topological polar surface area (TPSA) is 68.4 Å². The van der Waals surface area contributed by atoms with Crippen molar-refractivity contribution in [2.24, 2.45) is 5.73 Å². The SMILES string of the molecule is NC(Cc1ccccc1)C(O)COCCc1ccccn1. The van der Waals surface area contributed by atoms with Gasteiger partial charge in [0.25, 0.3) is 0 Å². The fourth-order valence-electron chi connectivity index (χ4n) is 2.07. The van der Waals surface area contributed by atoms with Crippen LogP contribution in [0.3, 0.4) is 0 Å². The van der Waals surface area contributed by atoms with Gasteiger partial charge in [0.1, 0.15) is 0 Å². The second kappa shape index (κ2) is 8.52. The third-order valence-corrected chi connectivity index (χ3v) is 3.33. The zero-order valence-corrected chi connectivity index (χ0v) is 12.1. The third-order valence-electron chi connectivity index (χ3n) is 3.33. The van der Waals surface area contributed by atoms with Gasteiger partial charge in [0, 0.05) is 24.4 Å². The molecule has 0 bridgehead atoms. The van der Waals surface area contributed by atoms with E-state index in [1.807, 2.05) is 48.5 Å². The Morgan fingerprint density at radius 1 is 1.10 bits per heavy atom. The number of benzene rings is 1. The molecule has 0 saturated carbocycles. The summed E-state index contributed by atoms with van der Waals surface area (Å²) in [5.41, 5.74) is 8.11. The van der Waals surface area contributed by atoms with E-state index in [1.165, 1.54) is 0 Å². The molecular weight excluding hydrogens is 264 g/mol. The Labute approximate surface area is 125 Å². The number of aliphatic hydroxyl groups is 1. The zero-order chi connectivity index (χ0) is 14.9. The van der Waals surface area contributed by atoms with Gasteiger partial charge < -0.3 is 15.6 Å². The monoisotopic (exact) mass is 286 g/mol. The van der Waals surface area contributed by atoms with Gasteiger partial charge in [0.15, 0.2) is 0 Å². The molecule has 1 heterocycles. The van der Waals surface area contributed by atoms with Crippen LogP contribution in [0.4, 0.5) is 0 Å². The van der Waals surface area contributed by atoms with Crippen molar-refractivity contribution >= 4 is 0 Å². The van der Waals surface area contributed by atoms with Gasteiger partial charge in [-0.3, -0.25) is 4.98 Å². The lowest BCUT2D eigenvalue weighted by atomic mass is 10.0. The van der Waals surface area contributed by atoms with E-state index >= 15 is 0 Å². The Morgan fingerprint density at radius 3 is 2.57 bits per heavy atom. The standard InChI is InChI=1S/C17H22N2O2/c18-16(12-14-6-2-1-3-7-14)17(20)13-21-11-9-15-8-4-5-10-19-15/h1-8,10,16-17,20H,9,11-13,18H2. The first-order valence-corrected chi connectivity index (χ1v) is 7.21. The van der Waals surface area contributed by atoms with E-state index in [4.69, 9.17) is 10.5 Å². The molecule has 0 aliphatic heterocycles. The number of rotatable bonds is 8. The van der Waals surface area contributed by atoms with Gasteiger partial charge in [-0.25, -0.2) is 0 Å². The van der Waals surface area contributed by atoms with Crippen LogP contribution in [0, 0.1) is 0 Å². The van der Waals surface area contributed by atoms with Crippen LogP contribution in [0.25, 0.3) is 0 Å². The predicted octanol–water partition coefficient (Wildman–Crippen LogP) is 1.57. The minimum atomic E-state index is -0.658. The van der Waals surface area contributed by atoms with Crippen LogP contribution in [0.5, 0.6) is 0 Å². The highest BCUT2D eigenvalue weighted by atomic mass is 16.5. The van der Waals surface area contributed by atoms with Crippen molar-refractivity contribution < 1.29 is 9.84 Å². The molecule has 0 spiro atoms. The first-order valence-electron chi connectivity index (χ1n) is 7.21. The van der Waals surface area contributed by atoms with Crippen molar-refractivity contribution in [3.05, 3.63) is 66.0 Å². The van der Waals surface area contributed by atoms with Crippen LogP contribution in [-0.4, -0.2) is 35.5 Å². The molecule has 0 radical (unpaired) electrons. The molecule has 0 aliphatic rings. The van der Waals surface area contributed by atoms with E-state index in [2.05, 4.69) is 4.98 Å². The first kappa shape index (κ1) is 15.6. The highest BCUT2D eigenvalue weighted by molar-refractivity contribution is 5.16. The van der Waals surface area contributed by atoms with Gasteiger partial charge in [-0.1, -0.05) is 36.4 Å². The Kier molecular flexibility index (Phi) is 6.34. The van der Waals surface area contributed by atoms with E-state index in [1.54, 1.807) is 6.20 Å². The quantitative estimate of drug-likeness (QED) is 0.723. The Hall–Kier alpha value is -1.75. The van der Waals surface area contributed by atoms with Gasteiger partial charge in [0.2, 0.25) is 0 Å². The molecule has 3 N–H and O–H groups in total. The highest BCUT2D eigenvalue weighted by Gasteiger charge is 2.15. The Balaban J connectivity index is 1.66. The van der Waals surface area contributed by atoms with E-state index < -0.39 is 6.10 Å². The fourth-order valence-corrected chi connectivity index (χ4v) is 2.07. The normalized spacial score (nSPS) is 13.8. The molecule has 2 rings (SSSR count). The maximum absolute atomic E-state index is 10.0. The van der Waals surface area contributed by atoms with Gasteiger partial charge in [-0.05, 0) is 24.1 Å². The second-order valence-corrected chi connectivity index (χ2v) is 5.07. The van der Waals surface area contributed by atoms with E-state index in [9.17, 15) is 5.11 Å². The lowest BCUT2D eigenvalue weighted by Gasteiger charge is -2.19. The van der Waals surface area contributed by atoms with Gasteiger partial charge >= 0.3 is 0 Å². The minimum Gasteiger partial charge on any atom is -0.389 e. The second-order valence-electron chi connectivity index (χ2n) is 5.07. The third kappa shape index (κ3) is 5.63. The zero-order valence-electron chi connectivity index (χ0n) is 12.1. The summed E-state index contributed by atoms with van der Waals surface area (Å²) in [7, 11) is 0. The number of nitrogens with two attached hydrogens (primary N) is 1. The van der Waals surface area contributed by atoms with Gasteiger partial charge in [-0.15, -0.1) is 0 Å². The van der Waals surface area contributed by atoms with Crippen molar-refractivity contribution in [1.29, 1.82) is 0 Å². The number of pyridine rings is 1. The molecule has 0 amide bonds. The molecule has 1 aromatic heterocycles. The predicted molar refractivity (Wildman–Crippen MR) is 82.9 cm³/mol. The number of hydrogen-bond acceptors (Lipinski definition) is 4. The molecule has 21 heavy (non-hydrogen) atoms. The summed E-state index contributed by atoms with van der Waals surface area (Å²) in [6.07, 6.45) is 2.49. The lowest BCUT2D eigenvalue weighted by Crippen LogP contribution is -2.39. The van der Waals surface area contributed by atoms with Crippen LogP contribution < -0.4 is 5.73 Å². The van der Waals surface area contributed by atoms with Gasteiger partial charge in [-0.2, -0.15) is 0 Å². The molecule has 2 unspecified atom stereocenters. The van der Waals surface area contributed by atoms with Crippen LogP contribution in [0.1, 0.15) is 11.3 Å². The first-order chi connectivity index (χ1) is 10.3. The number of nitrogens with zero attached hydrogens (tertiary/aromatic N) is 1. The highest BCUT2D eigenvalue weighted by Crippen LogP contribution is 2.05. The van der Waals surface area contributed by atoms with Crippen molar-refractivity contribution in [2.75, 3.05) is 13.2 Å². The van der Waals surface area contributed by atoms with Crippen LogP contribution in [0.2, 0.25) is 0 Å². The molecule has 2 aromatic rings. The average molecular weight is 286 g/mol. The summed E-state index contributed by atoms with van der Waals surface area (Å²) in [5.74, 6) is 0. The summed E-state index contributed by atoms with van der Waals surface area (Å²) >= 11 is 0. The number of hydrogen-bond donors (Lipinski definition) is 2. The van der Waals surface area contributed by atoms with Crippen LogP contribution in [-0.2, 0) is 17.6 Å². The van der Waals surface area contributed by atoms with Crippen LogP contribution >= 0.6 is 0 Å². The number of ether oxygens (including phenoxy) is 1. The lowest BCUT2D eigenvalue weighted by molar-refractivity contribution is 0.0245. The molecule has 2 atom stereocenters. The Bertz CT molecular complexity index is 505. The summed E-state index contributed by atoms with van der Waals surface area (Å²) in [4.78, 5) is 4.22. The molecule has 4 heteroatoms. The molecular formula is C17H22N2O2. The summed E-state index contributed by atoms with van der Waals surface area (Å²) in [6.45, 7) is 0.785. The average Bonchev–Trinajstić information content (AvgIpc) is 2.53. The van der Waals surface area contributed by atoms with Crippen LogP contribution in [0.15, 0.2) is 54.7 Å². The van der Waals surface area contributed by atoms with Crippen molar-refractivity contribution in [3.63, 3.8) is 0 Å². The molecule has 0 fully saturated rings. The van der Waals surface area contributed by atoms with E-state index in [-0.39, 0.29) is 12.6 Å². The molecule has 0 aliphatic carbocycles. The molecule has 112 valence electrons. The van der Waals surface area contributed by atoms with E-state index in [0.29, 0.717) is 13.0 Å². The van der Waals surface area contributed by atoms with Crippen molar-refractivity contribution in [2.45, 2.75) is 25.0 Å². The summed E-state index contributed by atoms with van der Waals surface area (Å²) < 4.78 is 5.49. The maximum Gasteiger partial charge on any atom is 0.0927 e. The smallest absolute Gasteiger partial charge is 0.0927 e. The minimum absolute atomic E-state index is 0.251. The largest absolute Gasteiger partial charge is 0.389 e. The Morgan fingerprint density at radius 2 is 1.86 bits per heavy atom. The van der Waals surface area contributed by atoms with Crippen molar-refractivity contribution in [3.8, 4) is 0 Å². The molecule has 4 nitrogen and oxygen atoms in total.